The zero-order valence-electron chi connectivity index (χ0n) is 14.1. The molecule has 3 rings (SSSR count). The Morgan fingerprint density at radius 2 is 1.96 bits per heavy atom. The summed E-state index contributed by atoms with van der Waals surface area (Å²) in [6, 6.07) is 9.52. The Morgan fingerprint density at radius 1 is 1.20 bits per heavy atom. The van der Waals surface area contributed by atoms with Crippen molar-refractivity contribution in [1.82, 2.24) is 9.97 Å². The van der Waals surface area contributed by atoms with Gasteiger partial charge < -0.3 is 14.5 Å². The van der Waals surface area contributed by atoms with E-state index in [1.807, 2.05) is 24.3 Å². The van der Waals surface area contributed by atoms with Gasteiger partial charge in [-0.25, -0.2) is 9.97 Å². The maximum atomic E-state index is 12.4. The number of fused-ring (bicyclic) bond motifs is 1. The van der Waals surface area contributed by atoms with E-state index in [9.17, 15) is 9.59 Å². The molecule has 2 aromatic rings. The number of nitrogens with zero attached hydrogens (tertiary/aromatic N) is 4. The van der Waals surface area contributed by atoms with E-state index in [2.05, 4.69) is 9.97 Å². The summed E-state index contributed by atoms with van der Waals surface area (Å²) in [6.07, 6.45) is 5.06. The molecule has 0 saturated carbocycles. The lowest BCUT2D eigenvalue weighted by Crippen LogP contribution is -2.39. The predicted octanol–water partition coefficient (Wildman–Crippen LogP) is 1.44. The number of aromatic nitrogens is 2. The SMILES string of the molecule is CN(CC(=O)OCC(=O)N1CCCc2ccccc21)c1ncccn1. The number of rotatable bonds is 5. The molecule has 0 saturated heterocycles. The van der Waals surface area contributed by atoms with E-state index in [-0.39, 0.29) is 19.1 Å². The van der Waals surface area contributed by atoms with Crippen LogP contribution >= 0.6 is 0 Å². The number of hydrogen-bond donors (Lipinski definition) is 0. The zero-order valence-corrected chi connectivity index (χ0v) is 14.1. The van der Waals surface area contributed by atoms with E-state index in [4.69, 9.17) is 4.74 Å². The second kappa shape index (κ2) is 7.74. The molecule has 1 aromatic carbocycles. The van der Waals surface area contributed by atoms with Gasteiger partial charge in [0.25, 0.3) is 5.91 Å². The molecule has 0 aliphatic carbocycles. The van der Waals surface area contributed by atoms with E-state index in [0.717, 1.165) is 24.1 Å². The van der Waals surface area contributed by atoms with Crippen LogP contribution in [0.1, 0.15) is 12.0 Å². The van der Waals surface area contributed by atoms with Gasteiger partial charge in [0.15, 0.2) is 6.61 Å². The Kier molecular flexibility index (Phi) is 5.23. The van der Waals surface area contributed by atoms with E-state index in [0.29, 0.717) is 12.5 Å². The Bertz CT molecular complexity index is 751. The molecule has 2 heterocycles. The third-order valence-corrected chi connectivity index (χ3v) is 4.03. The molecule has 1 aliphatic rings. The fourth-order valence-corrected chi connectivity index (χ4v) is 2.81. The molecule has 0 spiro atoms. The molecular formula is C18H20N4O3. The summed E-state index contributed by atoms with van der Waals surface area (Å²) in [4.78, 5) is 35.8. The van der Waals surface area contributed by atoms with E-state index >= 15 is 0 Å². The van der Waals surface area contributed by atoms with Crippen molar-refractivity contribution in [1.29, 1.82) is 0 Å². The third kappa shape index (κ3) is 4.12. The number of ether oxygens (including phenoxy) is 1. The van der Waals surface area contributed by atoms with Crippen LogP contribution in [0.15, 0.2) is 42.7 Å². The summed E-state index contributed by atoms with van der Waals surface area (Å²) in [5, 5.41) is 0. The average molecular weight is 340 g/mol. The number of aryl methyl sites for hydroxylation is 1. The smallest absolute Gasteiger partial charge is 0.326 e. The Hall–Kier alpha value is -2.96. The summed E-state index contributed by atoms with van der Waals surface area (Å²) in [5.74, 6) is -0.275. The van der Waals surface area contributed by atoms with Crippen LogP contribution in [0, 0.1) is 0 Å². The van der Waals surface area contributed by atoms with Crippen LogP contribution in [0.3, 0.4) is 0 Å². The van der Waals surface area contributed by atoms with Crippen LogP contribution in [0.4, 0.5) is 11.6 Å². The van der Waals surface area contributed by atoms with Gasteiger partial charge in [0.1, 0.15) is 6.54 Å². The van der Waals surface area contributed by atoms with Crippen molar-refractivity contribution in [2.45, 2.75) is 12.8 Å². The van der Waals surface area contributed by atoms with Gasteiger partial charge in [0, 0.05) is 31.7 Å². The molecule has 0 N–H and O–H groups in total. The maximum Gasteiger partial charge on any atom is 0.326 e. The highest BCUT2D eigenvalue weighted by Crippen LogP contribution is 2.26. The number of anilines is 2. The van der Waals surface area contributed by atoms with Crippen molar-refractivity contribution in [3.05, 3.63) is 48.3 Å². The van der Waals surface area contributed by atoms with Crippen molar-refractivity contribution in [3.63, 3.8) is 0 Å². The number of likely N-dealkylation sites (N-methyl/N-ethyl adjacent to an activating group) is 1. The maximum absolute atomic E-state index is 12.4. The van der Waals surface area contributed by atoms with Crippen molar-refractivity contribution in [2.24, 2.45) is 0 Å². The van der Waals surface area contributed by atoms with Crippen molar-refractivity contribution >= 4 is 23.5 Å². The molecule has 25 heavy (non-hydrogen) atoms. The highest BCUT2D eigenvalue weighted by molar-refractivity contribution is 5.96. The summed E-state index contributed by atoms with van der Waals surface area (Å²) >= 11 is 0. The number of carbonyl (C=O) groups excluding carboxylic acids is 2. The molecule has 7 heteroatoms. The number of amides is 1. The van der Waals surface area contributed by atoms with Gasteiger partial charge in [-0.15, -0.1) is 0 Å². The molecular weight excluding hydrogens is 320 g/mol. The molecule has 0 fully saturated rings. The van der Waals surface area contributed by atoms with Gasteiger partial charge in [0.05, 0.1) is 0 Å². The largest absolute Gasteiger partial charge is 0.454 e. The molecule has 0 unspecified atom stereocenters. The summed E-state index contributed by atoms with van der Waals surface area (Å²) < 4.78 is 5.14. The topological polar surface area (TPSA) is 75.6 Å². The summed E-state index contributed by atoms with van der Waals surface area (Å²) in [5.41, 5.74) is 2.05. The van der Waals surface area contributed by atoms with E-state index in [1.54, 1.807) is 35.3 Å². The lowest BCUT2D eigenvalue weighted by atomic mass is 10.0. The highest BCUT2D eigenvalue weighted by atomic mass is 16.5. The molecule has 1 aromatic heterocycles. The first-order valence-electron chi connectivity index (χ1n) is 8.17. The Morgan fingerprint density at radius 3 is 2.76 bits per heavy atom. The standard InChI is InChI=1S/C18H20N4O3/c1-21(18-19-9-5-10-20-18)12-17(24)25-13-16(23)22-11-4-7-14-6-2-3-8-15(14)22/h2-3,5-6,8-10H,4,7,11-13H2,1H3. The molecule has 1 amide bonds. The molecule has 1 aliphatic heterocycles. The average Bonchev–Trinajstić information content (AvgIpc) is 2.66. The lowest BCUT2D eigenvalue weighted by molar-refractivity contribution is -0.146. The van der Waals surface area contributed by atoms with Gasteiger partial charge in [0.2, 0.25) is 5.95 Å². The molecule has 0 atom stereocenters. The van der Waals surface area contributed by atoms with Gasteiger partial charge in [-0.3, -0.25) is 9.59 Å². The van der Waals surface area contributed by atoms with Crippen molar-refractivity contribution in [2.75, 3.05) is 36.5 Å². The summed E-state index contributed by atoms with van der Waals surface area (Å²) in [7, 11) is 1.69. The van der Waals surface area contributed by atoms with Gasteiger partial charge in [-0.05, 0) is 30.5 Å². The van der Waals surface area contributed by atoms with E-state index in [1.165, 1.54) is 0 Å². The minimum absolute atomic E-state index is 0.0200. The fourth-order valence-electron chi connectivity index (χ4n) is 2.81. The Balaban J connectivity index is 1.53. The molecule has 0 radical (unpaired) electrons. The first-order chi connectivity index (χ1) is 12.1. The number of esters is 1. The number of benzene rings is 1. The van der Waals surface area contributed by atoms with Crippen molar-refractivity contribution < 1.29 is 14.3 Å². The van der Waals surface area contributed by atoms with Crippen LogP contribution in [0.5, 0.6) is 0 Å². The fraction of sp³-hybridized carbons (Fsp3) is 0.333. The van der Waals surface area contributed by atoms with Gasteiger partial charge in [-0.1, -0.05) is 18.2 Å². The number of para-hydroxylation sites is 1. The lowest BCUT2D eigenvalue weighted by Gasteiger charge is -2.29. The predicted molar refractivity (Wildman–Crippen MR) is 93.4 cm³/mol. The third-order valence-electron chi connectivity index (χ3n) is 4.03. The van der Waals surface area contributed by atoms with Crippen LogP contribution in [-0.2, 0) is 20.7 Å². The second-order valence-corrected chi connectivity index (χ2v) is 5.84. The Labute approximate surface area is 146 Å². The molecule has 0 bridgehead atoms. The zero-order chi connectivity index (χ0) is 17.6. The monoisotopic (exact) mass is 340 g/mol. The number of hydrogen-bond acceptors (Lipinski definition) is 6. The van der Waals surface area contributed by atoms with E-state index < -0.39 is 5.97 Å². The van der Waals surface area contributed by atoms with Crippen LogP contribution < -0.4 is 9.80 Å². The highest BCUT2D eigenvalue weighted by Gasteiger charge is 2.23. The van der Waals surface area contributed by atoms with Crippen LogP contribution in [-0.4, -0.2) is 48.6 Å². The first kappa shape index (κ1) is 16.9. The van der Waals surface area contributed by atoms with Crippen LogP contribution in [0.25, 0.3) is 0 Å². The molecule has 130 valence electrons. The minimum Gasteiger partial charge on any atom is -0.454 e. The second-order valence-electron chi connectivity index (χ2n) is 5.84. The quantitative estimate of drug-likeness (QED) is 0.767. The van der Waals surface area contributed by atoms with Gasteiger partial charge in [-0.2, -0.15) is 0 Å². The van der Waals surface area contributed by atoms with Crippen molar-refractivity contribution in [3.8, 4) is 0 Å². The van der Waals surface area contributed by atoms with Crippen LogP contribution in [0.2, 0.25) is 0 Å². The minimum atomic E-state index is -0.492. The normalized spacial score (nSPS) is 13.1. The first-order valence-corrected chi connectivity index (χ1v) is 8.17. The summed E-state index contributed by atoms with van der Waals surface area (Å²) in [6.45, 7) is 0.357. The number of carbonyl (C=O) groups is 2. The molecule has 7 nitrogen and oxygen atoms in total. The van der Waals surface area contributed by atoms with Gasteiger partial charge >= 0.3 is 5.97 Å².